The number of rotatable bonds is 3. The minimum absolute atomic E-state index is 0.295. The van der Waals surface area contributed by atoms with Gasteiger partial charge in [0.15, 0.2) is 0 Å². The van der Waals surface area contributed by atoms with Crippen molar-refractivity contribution in [1.29, 1.82) is 5.26 Å². The number of anilines is 1. The Hall–Kier alpha value is -3.63. The van der Waals surface area contributed by atoms with Crippen molar-refractivity contribution in [2.24, 2.45) is 0 Å². The Morgan fingerprint density at radius 3 is 2.15 bits per heavy atom. The molecule has 0 spiro atoms. The number of hydrogen-bond donors (Lipinski definition) is 0. The molecule has 2 aromatic carbocycles. The summed E-state index contributed by atoms with van der Waals surface area (Å²) in [6.07, 6.45) is 1.46. The fourth-order valence-electron chi connectivity index (χ4n) is 3.70. The van der Waals surface area contributed by atoms with Crippen LogP contribution >= 0.6 is 11.6 Å². The first-order chi connectivity index (χ1) is 16.2. The highest BCUT2D eigenvalue weighted by atomic mass is 35.5. The molecule has 1 aliphatic rings. The predicted octanol–water partition coefficient (Wildman–Crippen LogP) is 5.39. The molecule has 0 N–H and O–H groups in total. The van der Waals surface area contributed by atoms with E-state index in [1.54, 1.807) is 23.2 Å². The molecule has 0 aliphatic carbocycles. The molecule has 1 saturated heterocycles. The van der Waals surface area contributed by atoms with Crippen LogP contribution in [-0.4, -0.2) is 52.7 Å². The van der Waals surface area contributed by atoms with Crippen LogP contribution in [-0.2, 0) is 4.74 Å². The SMILES string of the molecule is CC(C)(C)OC(=O)N1CCN(c2cnc(-c3ccc(C#N)cc3)c(-c3ccc(Cl)cc3)n2)CC1. The normalized spacial score (nSPS) is 14.0. The summed E-state index contributed by atoms with van der Waals surface area (Å²) >= 11 is 6.10. The Morgan fingerprint density at radius 2 is 1.56 bits per heavy atom. The zero-order valence-electron chi connectivity index (χ0n) is 19.5. The largest absolute Gasteiger partial charge is 0.444 e. The summed E-state index contributed by atoms with van der Waals surface area (Å²) in [6.45, 7) is 7.95. The van der Waals surface area contributed by atoms with E-state index in [1.165, 1.54) is 0 Å². The summed E-state index contributed by atoms with van der Waals surface area (Å²) in [5, 5.41) is 9.76. The number of nitrogens with zero attached hydrogens (tertiary/aromatic N) is 5. The average molecular weight is 476 g/mol. The van der Waals surface area contributed by atoms with Crippen LogP contribution in [0.25, 0.3) is 22.5 Å². The molecular formula is C26H26ClN5O2. The third kappa shape index (κ3) is 5.46. The lowest BCUT2D eigenvalue weighted by Gasteiger charge is -2.36. The smallest absolute Gasteiger partial charge is 0.410 e. The lowest BCUT2D eigenvalue weighted by atomic mass is 10.0. The van der Waals surface area contributed by atoms with Gasteiger partial charge < -0.3 is 14.5 Å². The van der Waals surface area contributed by atoms with E-state index in [0.29, 0.717) is 36.8 Å². The topological polar surface area (TPSA) is 82.4 Å². The van der Waals surface area contributed by atoms with E-state index < -0.39 is 5.60 Å². The van der Waals surface area contributed by atoms with Gasteiger partial charge in [-0.1, -0.05) is 35.9 Å². The van der Waals surface area contributed by atoms with Crippen LogP contribution in [0.15, 0.2) is 54.7 Å². The van der Waals surface area contributed by atoms with Crippen LogP contribution in [0, 0.1) is 11.3 Å². The summed E-state index contributed by atoms with van der Waals surface area (Å²) in [7, 11) is 0. The van der Waals surface area contributed by atoms with Crippen LogP contribution in [0.2, 0.25) is 5.02 Å². The van der Waals surface area contributed by atoms with Gasteiger partial charge in [-0.2, -0.15) is 5.26 Å². The predicted molar refractivity (Wildman–Crippen MR) is 133 cm³/mol. The highest BCUT2D eigenvalue weighted by Crippen LogP contribution is 2.32. The maximum absolute atomic E-state index is 12.4. The molecule has 34 heavy (non-hydrogen) atoms. The Morgan fingerprint density at radius 1 is 0.971 bits per heavy atom. The third-order valence-corrected chi connectivity index (χ3v) is 5.67. The molecule has 3 aromatic rings. The van der Waals surface area contributed by atoms with Crippen LogP contribution in [0.5, 0.6) is 0 Å². The van der Waals surface area contributed by atoms with Gasteiger partial charge in [0.1, 0.15) is 11.4 Å². The van der Waals surface area contributed by atoms with Gasteiger partial charge in [0.05, 0.1) is 29.2 Å². The molecule has 4 rings (SSSR count). The summed E-state index contributed by atoms with van der Waals surface area (Å²) in [6, 6.07) is 16.9. The summed E-state index contributed by atoms with van der Waals surface area (Å²) in [5.41, 5.74) is 3.29. The van der Waals surface area contributed by atoms with Crippen molar-refractivity contribution in [2.45, 2.75) is 26.4 Å². The van der Waals surface area contributed by atoms with Gasteiger partial charge in [0.25, 0.3) is 0 Å². The van der Waals surface area contributed by atoms with Crippen LogP contribution in [0.3, 0.4) is 0 Å². The van der Waals surface area contributed by atoms with E-state index in [-0.39, 0.29) is 6.09 Å². The number of halogens is 1. The molecule has 0 atom stereocenters. The number of amides is 1. The quantitative estimate of drug-likeness (QED) is 0.505. The second-order valence-electron chi connectivity index (χ2n) is 9.08. The molecule has 0 bridgehead atoms. The van der Waals surface area contributed by atoms with Gasteiger partial charge in [0.2, 0.25) is 0 Å². The number of ether oxygens (including phenoxy) is 1. The molecular weight excluding hydrogens is 450 g/mol. The molecule has 7 nitrogen and oxygen atoms in total. The van der Waals surface area contributed by atoms with Gasteiger partial charge in [0, 0.05) is 42.3 Å². The van der Waals surface area contributed by atoms with Crippen molar-refractivity contribution in [2.75, 3.05) is 31.1 Å². The van der Waals surface area contributed by atoms with E-state index in [9.17, 15) is 4.79 Å². The van der Waals surface area contributed by atoms with Crippen molar-refractivity contribution in [3.8, 4) is 28.6 Å². The Balaban J connectivity index is 1.61. The summed E-state index contributed by atoms with van der Waals surface area (Å²) in [5.74, 6) is 0.742. The molecule has 0 radical (unpaired) electrons. The molecule has 1 aromatic heterocycles. The van der Waals surface area contributed by atoms with Crippen molar-refractivity contribution < 1.29 is 9.53 Å². The van der Waals surface area contributed by atoms with E-state index in [0.717, 1.165) is 28.3 Å². The third-order valence-electron chi connectivity index (χ3n) is 5.42. The number of hydrogen-bond acceptors (Lipinski definition) is 6. The number of carbonyl (C=O) groups is 1. The second-order valence-corrected chi connectivity index (χ2v) is 9.51. The summed E-state index contributed by atoms with van der Waals surface area (Å²) in [4.78, 5) is 26.0. The molecule has 0 unspecified atom stereocenters. The average Bonchev–Trinajstić information content (AvgIpc) is 2.83. The highest BCUT2D eigenvalue weighted by molar-refractivity contribution is 6.30. The minimum Gasteiger partial charge on any atom is -0.444 e. The number of nitriles is 1. The second kappa shape index (κ2) is 9.70. The van der Waals surface area contributed by atoms with Gasteiger partial charge in [-0.15, -0.1) is 0 Å². The fraction of sp³-hybridized carbons (Fsp3) is 0.308. The van der Waals surface area contributed by atoms with E-state index in [1.807, 2.05) is 57.2 Å². The molecule has 0 saturated carbocycles. The molecule has 174 valence electrons. The van der Waals surface area contributed by atoms with E-state index in [4.69, 9.17) is 31.6 Å². The first kappa shape index (κ1) is 23.5. The van der Waals surface area contributed by atoms with Gasteiger partial charge in [-0.3, -0.25) is 4.98 Å². The maximum atomic E-state index is 12.4. The number of aromatic nitrogens is 2. The van der Waals surface area contributed by atoms with Crippen LogP contribution in [0.4, 0.5) is 10.6 Å². The minimum atomic E-state index is -0.519. The van der Waals surface area contributed by atoms with Gasteiger partial charge in [-0.05, 0) is 45.0 Å². The number of benzene rings is 2. The molecule has 1 aliphatic heterocycles. The zero-order chi connectivity index (χ0) is 24.3. The van der Waals surface area contributed by atoms with Gasteiger partial charge >= 0.3 is 6.09 Å². The van der Waals surface area contributed by atoms with Crippen molar-refractivity contribution in [3.63, 3.8) is 0 Å². The van der Waals surface area contributed by atoms with Crippen molar-refractivity contribution >= 4 is 23.5 Å². The zero-order valence-corrected chi connectivity index (χ0v) is 20.2. The first-order valence-corrected chi connectivity index (χ1v) is 11.5. The Bertz CT molecular complexity index is 1210. The first-order valence-electron chi connectivity index (χ1n) is 11.1. The molecule has 1 amide bonds. The van der Waals surface area contributed by atoms with E-state index in [2.05, 4.69) is 11.0 Å². The fourth-order valence-corrected chi connectivity index (χ4v) is 3.83. The number of carbonyl (C=O) groups excluding carboxylic acids is 1. The monoisotopic (exact) mass is 475 g/mol. The van der Waals surface area contributed by atoms with Crippen LogP contribution in [0.1, 0.15) is 26.3 Å². The standard InChI is InChI=1S/C26H26ClN5O2/c1-26(2,3)34-25(33)32-14-12-31(13-15-32)22-17-29-23(19-6-4-18(16-28)5-7-19)24(30-22)20-8-10-21(27)11-9-20/h4-11,17H,12-15H2,1-3H3. The Labute approximate surface area is 204 Å². The van der Waals surface area contributed by atoms with Crippen molar-refractivity contribution in [1.82, 2.24) is 14.9 Å². The maximum Gasteiger partial charge on any atom is 0.410 e. The lowest BCUT2D eigenvalue weighted by molar-refractivity contribution is 0.0240. The lowest BCUT2D eigenvalue weighted by Crippen LogP contribution is -2.50. The van der Waals surface area contributed by atoms with E-state index >= 15 is 0 Å². The molecule has 2 heterocycles. The van der Waals surface area contributed by atoms with Crippen LogP contribution < -0.4 is 4.90 Å². The summed E-state index contributed by atoms with van der Waals surface area (Å²) < 4.78 is 5.50. The van der Waals surface area contributed by atoms with Gasteiger partial charge in [-0.25, -0.2) is 9.78 Å². The molecule has 1 fully saturated rings. The molecule has 8 heteroatoms. The van der Waals surface area contributed by atoms with Crippen molar-refractivity contribution in [3.05, 3.63) is 65.3 Å². The number of piperazine rings is 1. The Kier molecular flexibility index (Phi) is 6.71. The highest BCUT2D eigenvalue weighted by Gasteiger charge is 2.27.